The van der Waals surface area contributed by atoms with E-state index in [0.29, 0.717) is 18.1 Å². The summed E-state index contributed by atoms with van der Waals surface area (Å²) < 4.78 is 10.9. The third-order valence-electron chi connectivity index (χ3n) is 3.04. The lowest BCUT2D eigenvalue weighted by Gasteiger charge is -2.25. The van der Waals surface area contributed by atoms with E-state index >= 15 is 0 Å². The number of aryl methyl sites for hydroxylation is 2. The van der Waals surface area contributed by atoms with Gasteiger partial charge in [0.25, 0.3) is 0 Å². The summed E-state index contributed by atoms with van der Waals surface area (Å²) >= 11 is 6.05. The fraction of sp³-hybridized carbons (Fsp3) is 0.467. The van der Waals surface area contributed by atoms with E-state index in [0.717, 1.165) is 29.9 Å². The summed E-state index contributed by atoms with van der Waals surface area (Å²) in [6.45, 7) is 4.29. The van der Waals surface area contributed by atoms with Crippen LogP contribution in [0, 0.1) is 18.3 Å². The molecule has 1 unspecified atom stereocenters. The quantitative estimate of drug-likeness (QED) is 0.614. The molecule has 0 fully saturated rings. The molecule has 0 saturated carbocycles. The first-order chi connectivity index (χ1) is 9.53. The summed E-state index contributed by atoms with van der Waals surface area (Å²) in [6.07, 6.45) is 5.70. The Balaban J connectivity index is 1.89. The van der Waals surface area contributed by atoms with E-state index in [1.54, 1.807) is 6.08 Å². The molecule has 4 nitrogen and oxygen atoms in total. The monoisotopic (exact) mass is 292 g/mol. The molecule has 1 aliphatic rings. The SMILES string of the molecule is CC1=CC(C#N)(OCCCc2cc(C)no2)C=C(Cl)C1. The Morgan fingerprint density at radius 2 is 2.30 bits per heavy atom. The molecular weight excluding hydrogens is 276 g/mol. The minimum Gasteiger partial charge on any atom is -0.361 e. The van der Waals surface area contributed by atoms with Crippen molar-refractivity contribution in [2.45, 2.75) is 38.7 Å². The predicted molar refractivity (Wildman–Crippen MR) is 76.2 cm³/mol. The van der Waals surface area contributed by atoms with Crippen LogP contribution >= 0.6 is 11.6 Å². The van der Waals surface area contributed by atoms with Crippen molar-refractivity contribution in [1.29, 1.82) is 5.26 Å². The first kappa shape index (κ1) is 14.8. The zero-order chi connectivity index (χ0) is 14.6. The number of hydrogen-bond donors (Lipinski definition) is 0. The summed E-state index contributed by atoms with van der Waals surface area (Å²) in [5, 5.41) is 13.8. The van der Waals surface area contributed by atoms with Crippen LogP contribution in [0.5, 0.6) is 0 Å². The van der Waals surface area contributed by atoms with Gasteiger partial charge in [-0.2, -0.15) is 5.26 Å². The van der Waals surface area contributed by atoms with Gasteiger partial charge in [0.2, 0.25) is 0 Å². The van der Waals surface area contributed by atoms with E-state index in [9.17, 15) is 5.26 Å². The first-order valence-electron chi connectivity index (χ1n) is 6.56. The molecule has 1 aromatic rings. The Morgan fingerprint density at radius 3 is 2.90 bits per heavy atom. The molecule has 1 aliphatic carbocycles. The molecule has 106 valence electrons. The van der Waals surface area contributed by atoms with Crippen molar-refractivity contribution >= 4 is 11.6 Å². The second kappa shape index (κ2) is 6.25. The highest BCUT2D eigenvalue weighted by atomic mass is 35.5. The molecule has 1 heterocycles. The standard InChI is InChI=1S/C15H17ClN2O2/c1-11-6-13(16)9-15(8-11,10-17)19-5-3-4-14-7-12(2)18-20-14/h7-9H,3-6H2,1-2H3. The lowest BCUT2D eigenvalue weighted by Crippen LogP contribution is -2.29. The predicted octanol–water partition coefficient (Wildman–Crippen LogP) is 3.67. The van der Waals surface area contributed by atoms with Crippen LogP contribution in [0.25, 0.3) is 0 Å². The van der Waals surface area contributed by atoms with Gasteiger partial charge in [-0.05, 0) is 32.4 Å². The number of rotatable bonds is 5. The van der Waals surface area contributed by atoms with Crippen LogP contribution in [-0.2, 0) is 11.2 Å². The van der Waals surface area contributed by atoms with Crippen LogP contribution in [0.1, 0.15) is 31.2 Å². The number of ether oxygens (including phenoxy) is 1. The molecule has 0 N–H and O–H groups in total. The molecule has 0 saturated heterocycles. The summed E-state index contributed by atoms with van der Waals surface area (Å²) in [6, 6.07) is 4.09. The van der Waals surface area contributed by atoms with Gasteiger partial charge in [-0.1, -0.05) is 22.3 Å². The van der Waals surface area contributed by atoms with Crippen LogP contribution in [-0.4, -0.2) is 17.4 Å². The van der Waals surface area contributed by atoms with Gasteiger partial charge in [-0.3, -0.25) is 0 Å². The van der Waals surface area contributed by atoms with Gasteiger partial charge in [0, 0.05) is 30.5 Å². The van der Waals surface area contributed by atoms with E-state index in [1.165, 1.54) is 0 Å². The van der Waals surface area contributed by atoms with Crippen LogP contribution in [0.15, 0.2) is 33.3 Å². The van der Waals surface area contributed by atoms with Crippen molar-refractivity contribution < 1.29 is 9.26 Å². The topological polar surface area (TPSA) is 59.0 Å². The minimum atomic E-state index is -1.03. The number of aromatic nitrogens is 1. The van der Waals surface area contributed by atoms with Crippen molar-refractivity contribution in [2.75, 3.05) is 6.61 Å². The van der Waals surface area contributed by atoms with Crippen molar-refractivity contribution in [3.63, 3.8) is 0 Å². The lowest BCUT2D eigenvalue weighted by molar-refractivity contribution is 0.0629. The average Bonchev–Trinajstić information content (AvgIpc) is 2.79. The molecule has 5 heteroatoms. The van der Waals surface area contributed by atoms with Gasteiger partial charge < -0.3 is 9.26 Å². The summed E-state index contributed by atoms with van der Waals surface area (Å²) in [5.74, 6) is 0.834. The zero-order valence-corrected chi connectivity index (χ0v) is 12.4. The van der Waals surface area contributed by atoms with E-state index in [2.05, 4.69) is 11.2 Å². The van der Waals surface area contributed by atoms with Gasteiger partial charge in [0.1, 0.15) is 11.8 Å². The highest BCUT2D eigenvalue weighted by Gasteiger charge is 2.29. The molecule has 0 aliphatic heterocycles. The molecule has 2 rings (SSSR count). The number of nitrogens with zero attached hydrogens (tertiary/aromatic N) is 2. The van der Waals surface area contributed by atoms with Crippen LogP contribution < -0.4 is 0 Å². The van der Waals surface area contributed by atoms with Gasteiger partial charge in [-0.15, -0.1) is 0 Å². The molecule has 0 amide bonds. The summed E-state index contributed by atoms with van der Waals surface area (Å²) in [5.41, 5.74) is 0.886. The largest absolute Gasteiger partial charge is 0.361 e. The van der Waals surface area contributed by atoms with Gasteiger partial charge >= 0.3 is 0 Å². The molecule has 1 atom stereocenters. The third-order valence-corrected chi connectivity index (χ3v) is 3.28. The maximum Gasteiger partial charge on any atom is 0.192 e. The summed E-state index contributed by atoms with van der Waals surface area (Å²) in [7, 11) is 0. The normalized spacial score (nSPS) is 22.1. The fourth-order valence-corrected chi connectivity index (χ4v) is 2.58. The number of hydrogen-bond acceptors (Lipinski definition) is 4. The Kier molecular flexibility index (Phi) is 4.64. The lowest BCUT2D eigenvalue weighted by atomic mass is 9.94. The van der Waals surface area contributed by atoms with E-state index in [1.807, 2.05) is 26.0 Å². The molecule has 0 bridgehead atoms. The van der Waals surface area contributed by atoms with Crippen molar-refractivity contribution in [3.8, 4) is 6.07 Å². The van der Waals surface area contributed by atoms with Gasteiger partial charge in [-0.25, -0.2) is 0 Å². The summed E-state index contributed by atoms with van der Waals surface area (Å²) in [4.78, 5) is 0. The zero-order valence-electron chi connectivity index (χ0n) is 11.6. The van der Waals surface area contributed by atoms with E-state index < -0.39 is 5.60 Å². The fourth-order valence-electron chi connectivity index (χ4n) is 2.21. The van der Waals surface area contributed by atoms with Gasteiger partial charge in [0.15, 0.2) is 5.60 Å². The maximum absolute atomic E-state index is 9.35. The Bertz CT molecular complexity index is 563. The van der Waals surface area contributed by atoms with Gasteiger partial charge in [0.05, 0.1) is 5.69 Å². The first-order valence-corrected chi connectivity index (χ1v) is 6.94. The highest BCUT2D eigenvalue weighted by molar-refractivity contribution is 6.30. The molecular formula is C15H17ClN2O2. The Labute approximate surface area is 123 Å². The number of nitriles is 1. The molecule has 20 heavy (non-hydrogen) atoms. The maximum atomic E-state index is 9.35. The third kappa shape index (κ3) is 3.72. The van der Waals surface area contributed by atoms with Crippen molar-refractivity contribution in [3.05, 3.63) is 40.3 Å². The second-order valence-corrected chi connectivity index (χ2v) is 5.54. The molecule has 0 aromatic carbocycles. The van der Waals surface area contributed by atoms with Crippen LogP contribution in [0.2, 0.25) is 0 Å². The van der Waals surface area contributed by atoms with Crippen molar-refractivity contribution in [2.24, 2.45) is 0 Å². The van der Waals surface area contributed by atoms with E-state index in [4.69, 9.17) is 20.9 Å². The minimum absolute atomic E-state index is 0.456. The Morgan fingerprint density at radius 1 is 1.50 bits per heavy atom. The van der Waals surface area contributed by atoms with E-state index in [-0.39, 0.29) is 0 Å². The molecule has 0 spiro atoms. The van der Waals surface area contributed by atoms with Crippen LogP contribution in [0.3, 0.4) is 0 Å². The molecule has 1 aromatic heterocycles. The average molecular weight is 293 g/mol. The smallest absolute Gasteiger partial charge is 0.192 e. The number of halogens is 1. The Hall–Kier alpha value is -1.57. The molecule has 0 radical (unpaired) electrons. The van der Waals surface area contributed by atoms with Crippen LogP contribution in [0.4, 0.5) is 0 Å². The second-order valence-electron chi connectivity index (χ2n) is 5.05. The highest BCUT2D eigenvalue weighted by Crippen LogP contribution is 2.30. The number of allylic oxidation sites excluding steroid dienone is 2. The van der Waals surface area contributed by atoms with Crippen molar-refractivity contribution in [1.82, 2.24) is 5.16 Å².